The largest absolute Gasteiger partial charge is 0.352 e. The van der Waals surface area contributed by atoms with Crippen molar-refractivity contribution in [1.29, 1.82) is 5.26 Å². The van der Waals surface area contributed by atoms with Gasteiger partial charge in [0.15, 0.2) is 0 Å². The molecule has 0 radical (unpaired) electrons. The number of carbonyl (C=O) groups excluding carboxylic acids is 1. The molecular formula is C19H18Cl3N3OS. The van der Waals surface area contributed by atoms with Crippen molar-refractivity contribution in [3.05, 3.63) is 51.4 Å². The molecule has 0 saturated carbocycles. The van der Waals surface area contributed by atoms with Crippen LogP contribution < -0.4 is 10.6 Å². The number of amides is 1. The number of hydrogen-bond acceptors (Lipinski definition) is 4. The molecule has 0 spiro atoms. The average molecular weight is 443 g/mol. The molecule has 4 nitrogen and oxygen atoms in total. The number of carbonyl (C=O) groups is 1. The highest BCUT2D eigenvalue weighted by Crippen LogP contribution is 2.40. The van der Waals surface area contributed by atoms with Crippen molar-refractivity contribution in [2.45, 2.75) is 42.6 Å². The normalized spacial score (nSPS) is 14.8. The van der Waals surface area contributed by atoms with Crippen LogP contribution >= 0.6 is 46.1 Å². The van der Waals surface area contributed by atoms with Crippen molar-refractivity contribution in [2.75, 3.05) is 5.32 Å². The zero-order valence-electron chi connectivity index (χ0n) is 14.6. The van der Waals surface area contributed by atoms with E-state index in [0.717, 1.165) is 36.8 Å². The summed E-state index contributed by atoms with van der Waals surface area (Å²) in [7, 11) is 0. The molecule has 8 heteroatoms. The van der Waals surface area contributed by atoms with Gasteiger partial charge in [-0.1, -0.05) is 53.0 Å². The number of rotatable bonds is 4. The summed E-state index contributed by atoms with van der Waals surface area (Å²) in [6.07, 6.45) is 3.02. The summed E-state index contributed by atoms with van der Waals surface area (Å²) in [5.74, 6) is -0.350. The minimum atomic E-state index is -1.80. The van der Waals surface area contributed by atoms with Crippen LogP contribution in [-0.4, -0.2) is 15.9 Å². The lowest BCUT2D eigenvalue weighted by molar-refractivity contribution is 0.0941. The van der Waals surface area contributed by atoms with Crippen LogP contribution in [-0.2, 0) is 12.8 Å². The molecule has 1 atom stereocenters. The number of anilines is 1. The van der Waals surface area contributed by atoms with Gasteiger partial charge in [0.05, 0.1) is 5.56 Å². The van der Waals surface area contributed by atoms with Crippen LogP contribution in [0.2, 0.25) is 0 Å². The van der Waals surface area contributed by atoms with E-state index in [-0.39, 0.29) is 5.91 Å². The first-order valence-corrected chi connectivity index (χ1v) is 10.5. The summed E-state index contributed by atoms with van der Waals surface area (Å²) in [6.45, 7) is 1.84. The second-order valence-electron chi connectivity index (χ2n) is 6.43. The van der Waals surface area contributed by atoms with Crippen LogP contribution in [0.5, 0.6) is 0 Å². The molecule has 1 aromatic carbocycles. The van der Waals surface area contributed by atoms with Gasteiger partial charge in [0.2, 0.25) is 3.79 Å². The number of halogens is 3. The minimum Gasteiger partial charge on any atom is -0.352 e. The Morgan fingerprint density at radius 1 is 1.26 bits per heavy atom. The third-order valence-corrected chi connectivity index (χ3v) is 6.43. The Balaban J connectivity index is 1.87. The van der Waals surface area contributed by atoms with E-state index in [4.69, 9.17) is 34.8 Å². The molecule has 2 N–H and O–H groups in total. The van der Waals surface area contributed by atoms with Crippen LogP contribution in [0.25, 0.3) is 0 Å². The van der Waals surface area contributed by atoms with E-state index in [1.807, 2.05) is 19.1 Å². The van der Waals surface area contributed by atoms with Crippen LogP contribution in [0.15, 0.2) is 24.3 Å². The van der Waals surface area contributed by atoms with E-state index in [2.05, 4.69) is 16.7 Å². The van der Waals surface area contributed by atoms with Gasteiger partial charge >= 0.3 is 0 Å². The van der Waals surface area contributed by atoms with Crippen LogP contribution in [0, 0.1) is 18.3 Å². The van der Waals surface area contributed by atoms with Crippen molar-refractivity contribution in [3.8, 4) is 6.07 Å². The topological polar surface area (TPSA) is 64.9 Å². The van der Waals surface area contributed by atoms with Crippen molar-refractivity contribution < 1.29 is 4.79 Å². The number of aryl methyl sites for hydroxylation is 2. The Labute approximate surface area is 177 Å². The van der Waals surface area contributed by atoms with Gasteiger partial charge in [-0.3, -0.25) is 4.79 Å². The maximum Gasteiger partial charge on any atom is 0.253 e. The number of fused-ring (bicyclic) bond motifs is 1. The third-order valence-electron chi connectivity index (χ3n) is 4.55. The van der Waals surface area contributed by atoms with Gasteiger partial charge < -0.3 is 10.6 Å². The highest BCUT2D eigenvalue weighted by Gasteiger charge is 2.36. The molecule has 142 valence electrons. The summed E-state index contributed by atoms with van der Waals surface area (Å²) in [6, 6.07) is 9.45. The van der Waals surface area contributed by atoms with E-state index in [0.29, 0.717) is 16.1 Å². The molecule has 0 bridgehead atoms. The van der Waals surface area contributed by atoms with Crippen molar-refractivity contribution in [1.82, 2.24) is 5.32 Å². The van der Waals surface area contributed by atoms with E-state index in [1.54, 1.807) is 12.1 Å². The zero-order valence-corrected chi connectivity index (χ0v) is 17.7. The van der Waals surface area contributed by atoms with Gasteiger partial charge in [0.25, 0.3) is 5.91 Å². The molecule has 1 amide bonds. The second kappa shape index (κ2) is 8.28. The summed E-state index contributed by atoms with van der Waals surface area (Å²) in [5.41, 5.74) is 2.98. The van der Waals surface area contributed by atoms with E-state index in [1.165, 1.54) is 16.2 Å². The molecule has 27 heavy (non-hydrogen) atoms. The molecule has 1 heterocycles. The number of benzene rings is 1. The lowest BCUT2D eigenvalue weighted by Crippen LogP contribution is -2.49. The number of alkyl halides is 3. The molecule has 1 aliphatic carbocycles. The average Bonchev–Trinajstić information content (AvgIpc) is 2.97. The SMILES string of the molecule is Cc1ccccc1C(=O)N[C@@H](Nc1sc2c(c1C#N)CCCC2)C(Cl)(Cl)Cl. The Hall–Kier alpha value is -1.45. The Morgan fingerprint density at radius 2 is 1.96 bits per heavy atom. The predicted molar refractivity (Wildman–Crippen MR) is 112 cm³/mol. The maximum atomic E-state index is 12.7. The number of nitriles is 1. The number of hydrogen-bond donors (Lipinski definition) is 2. The van der Waals surface area contributed by atoms with Crippen molar-refractivity contribution in [2.24, 2.45) is 0 Å². The Kier molecular flexibility index (Phi) is 6.22. The van der Waals surface area contributed by atoms with Gasteiger partial charge in [-0.05, 0) is 49.8 Å². The number of nitrogens with one attached hydrogen (secondary N) is 2. The maximum absolute atomic E-state index is 12.7. The smallest absolute Gasteiger partial charge is 0.253 e. The summed E-state index contributed by atoms with van der Waals surface area (Å²) < 4.78 is -1.80. The molecule has 0 fully saturated rings. The Bertz CT molecular complexity index is 899. The summed E-state index contributed by atoms with van der Waals surface area (Å²) in [4.78, 5) is 13.9. The molecule has 1 aromatic heterocycles. The third kappa shape index (κ3) is 4.52. The molecule has 3 rings (SSSR count). The van der Waals surface area contributed by atoms with Crippen LogP contribution in [0.3, 0.4) is 0 Å². The fourth-order valence-electron chi connectivity index (χ4n) is 3.15. The zero-order chi connectivity index (χ0) is 19.6. The Morgan fingerprint density at radius 3 is 2.63 bits per heavy atom. The molecule has 0 aliphatic heterocycles. The molecule has 0 saturated heterocycles. The predicted octanol–water partition coefficient (Wildman–Crippen LogP) is 5.35. The first-order valence-electron chi connectivity index (χ1n) is 8.55. The van der Waals surface area contributed by atoms with Crippen LogP contribution in [0.1, 0.15) is 44.8 Å². The first kappa shape index (κ1) is 20.3. The van der Waals surface area contributed by atoms with E-state index >= 15 is 0 Å². The van der Waals surface area contributed by atoms with Crippen LogP contribution in [0.4, 0.5) is 5.00 Å². The second-order valence-corrected chi connectivity index (χ2v) is 9.91. The van der Waals surface area contributed by atoms with Gasteiger partial charge in [-0.25, -0.2) is 0 Å². The van der Waals surface area contributed by atoms with Crippen molar-refractivity contribution >= 4 is 57.0 Å². The highest BCUT2D eigenvalue weighted by atomic mass is 35.6. The lowest BCUT2D eigenvalue weighted by Gasteiger charge is -2.27. The summed E-state index contributed by atoms with van der Waals surface area (Å²) in [5, 5.41) is 16.1. The highest BCUT2D eigenvalue weighted by molar-refractivity contribution is 7.16. The lowest BCUT2D eigenvalue weighted by atomic mass is 9.96. The quantitative estimate of drug-likeness (QED) is 0.496. The fourth-order valence-corrected chi connectivity index (χ4v) is 4.75. The van der Waals surface area contributed by atoms with Gasteiger partial charge in [0, 0.05) is 10.4 Å². The summed E-state index contributed by atoms with van der Waals surface area (Å²) >= 11 is 19.9. The minimum absolute atomic E-state index is 0.350. The monoisotopic (exact) mass is 441 g/mol. The van der Waals surface area contributed by atoms with E-state index in [9.17, 15) is 10.1 Å². The molecule has 1 aliphatic rings. The standard InChI is InChI=1S/C19H18Cl3N3OS/c1-11-6-2-3-7-12(11)16(26)24-18(19(20,21)22)25-17-14(10-23)13-8-4-5-9-15(13)27-17/h2-3,6-7,18,25H,4-5,8-9H2,1H3,(H,24,26)/t18-/m0/s1. The number of nitrogens with zero attached hydrogens (tertiary/aromatic N) is 1. The van der Waals surface area contributed by atoms with Crippen molar-refractivity contribution in [3.63, 3.8) is 0 Å². The van der Waals surface area contributed by atoms with E-state index < -0.39 is 9.96 Å². The first-order chi connectivity index (χ1) is 12.8. The van der Waals surface area contributed by atoms with Gasteiger partial charge in [-0.15, -0.1) is 11.3 Å². The number of thiophene rings is 1. The van der Waals surface area contributed by atoms with Gasteiger partial charge in [0.1, 0.15) is 17.2 Å². The molecular weight excluding hydrogens is 425 g/mol. The molecule has 0 unspecified atom stereocenters. The van der Waals surface area contributed by atoms with Gasteiger partial charge in [-0.2, -0.15) is 5.26 Å². The molecule has 2 aromatic rings. The fraction of sp³-hybridized carbons (Fsp3) is 0.368.